The zero-order valence-corrected chi connectivity index (χ0v) is 13.2. The number of anilines is 1. The van der Waals surface area contributed by atoms with Crippen LogP contribution in [0.3, 0.4) is 0 Å². The number of likely N-dealkylation sites (N-methyl/N-ethyl adjacent to an activating group) is 1. The molecular formula is C12H23N5O2S. The van der Waals surface area contributed by atoms with Gasteiger partial charge in [0.15, 0.2) is 0 Å². The van der Waals surface area contributed by atoms with Gasteiger partial charge in [0.25, 0.3) is 0 Å². The Morgan fingerprint density at radius 1 is 1.25 bits per heavy atom. The van der Waals surface area contributed by atoms with Crippen LogP contribution in [0.15, 0.2) is 17.3 Å². The first-order valence-corrected chi connectivity index (χ1v) is 8.15. The first-order chi connectivity index (χ1) is 9.42. The van der Waals surface area contributed by atoms with E-state index < -0.39 is 10.0 Å². The Hall–Kier alpha value is -1.25. The summed E-state index contributed by atoms with van der Waals surface area (Å²) < 4.78 is 27.0. The molecule has 7 nitrogen and oxygen atoms in total. The Kier molecular flexibility index (Phi) is 6.31. The van der Waals surface area contributed by atoms with Crippen molar-refractivity contribution in [3.05, 3.63) is 12.4 Å². The summed E-state index contributed by atoms with van der Waals surface area (Å²) in [5.41, 5.74) is 0. The van der Waals surface area contributed by atoms with Crippen LogP contribution in [0, 0.1) is 0 Å². The van der Waals surface area contributed by atoms with Crippen molar-refractivity contribution in [2.75, 3.05) is 32.0 Å². The second-order valence-electron chi connectivity index (χ2n) is 4.50. The van der Waals surface area contributed by atoms with Gasteiger partial charge >= 0.3 is 0 Å². The van der Waals surface area contributed by atoms with Crippen LogP contribution >= 0.6 is 0 Å². The van der Waals surface area contributed by atoms with E-state index in [0.29, 0.717) is 12.5 Å². The fraction of sp³-hybridized carbons (Fsp3) is 0.667. The summed E-state index contributed by atoms with van der Waals surface area (Å²) in [6.45, 7) is 8.40. The molecule has 0 saturated carbocycles. The Bertz CT molecular complexity index is 499. The highest BCUT2D eigenvalue weighted by molar-refractivity contribution is 7.89. The second kappa shape index (κ2) is 7.51. The van der Waals surface area contributed by atoms with Crippen LogP contribution in [0.25, 0.3) is 0 Å². The molecular weight excluding hydrogens is 278 g/mol. The highest BCUT2D eigenvalue weighted by Gasteiger charge is 2.19. The smallest absolute Gasteiger partial charge is 0.243 e. The fourth-order valence-corrected chi connectivity index (χ4v) is 2.95. The van der Waals surface area contributed by atoms with E-state index in [9.17, 15) is 8.42 Å². The Morgan fingerprint density at radius 3 is 2.25 bits per heavy atom. The fourth-order valence-electron chi connectivity index (χ4n) is 1.82. The van der Waals surface area contributed by atoms with Crippen molar-refractivity contribution in [2.45, 2.75) is 31.7 Å². The zero-order chi connectivity index (χ0) is 15.2. The van der Waals surface area contributed by atoms with Crippen molar-refractivity contribution >= 4 is 16.0 Å². The van der Waals surface area contributed by atoms with E-state index in [0.717, 1.165) is 13.1 Å². The number of hydrogen-bond acceptors (Lipinski definition) is 6. The third-order valence-corrected chi connectivity index (χ3v) is 4.49. The van der Waals surface area contributed by atoms with Crippen molar-refractivity contribution in [3.63, 3.8) is 0 Å². The topological polar surface area (TPSA) is 87.2 Å². The summed E-state index contributed by atoms with van der Waals surface area (Å²) >= 11 is 0. The van der Waals surface area contributed by atoms with E-state index in [-0.39, 0.29) is 10.9 Å². The number of sulfonamides is 1. The molecule has 0 bridgehead atoms. The lowest BCUT2D eigenvalue weighted by Crippen LogP contribution is -2.41. The minimum atomic E-state index is -3.58. The van der Waals surface area contributed by atoms with Crippen LogP contribution in [-0.2, 0) is 10.0 Å². The lowest BCUT2D eigenvalue weighted by molar-refractivity contribution is 0.282. The Balaban J connectivity index is 2.73. The first kappa shape index (κ1) is 16.8. The standard InChI is InChI=1S/C12H23N5O2S/c1-5-17(6-2)9-10(3)16-20(18,19)11-7-14-12(13-4)15-8-11/h7-8,10,16H,5-6,9H2,1-4H3,(H,13,14,15). The molecule has 0 aliphatic rings. The van der Waals surface area contributed by atoms with E-state index in [1.807, 2.05) is 6.92 Å². The van der Waals surface area contributed by atoms with Gasteiger partial charge in [-0.1, -0.05) is 13.8 Å². The average molecular weight is 301 g/mol. The lowest BCUT2D eigenvalue weighted by atomic mass is 10.3. The van der Waals surface area contributed by atoms with Crippen molar-refractivity contribution in [2.24, 2.45) is 0 Å². The SMILES string of the molecule is CCN(CC)CC(C)NS(=O)(=O)c1cnc(NC)nc1. The highest BCUT2D eigenvalue weighted by atomic mass is 32.2. The van der Waals surface area contributed by atoms with Crippen LogP contribution in [0.2, 0.25) is 0 Å². The van der Waals surface area contributed by atoms with Crippen molar-refractivity contribution in [1.29, 1.82) is 0 Å². The quantitative estimate of drug-likeness (QED) is 0.728. The highest BCUT2D eigenvalue weighted by Crippen LogP contribution is 2.08. The zero-order valence-electron chi connectivity index (χ0n) is 12.4. The van der Waals surface area contributed by atoms with Crippen LogP contribution in [-0.4, -0.2) is 56.0 Å². The molecule has 1 aromatic rings. The number of nitrogens with one attached hydrogen (secondary N) is 2. The number of aromatic nitrogens is 2. The molecule has 2 N–H and O–H groups in total. The number of hydrogen-bond donors (Lipinski definition) is 2. The van der Waals surface area contributed by atoms with Crippen molar-refractivity contribution in [1.82, 2.24) is 19.6 Å². The third kappa shape index (κ3) is 4.69. The molecule has 0 aromatic carbocycles. The molecule has 1 rings (SSSR count). The Labute approximate surface area is 120 Å². The van der Waals surface area contributed by atoms with Crippen LogP contribution in [0.1, 0.15) is 20.8 Å². The molecule has 1 aromatic heterocycles. The van der Waals surface area contributed by atoms with Gasteiger partial charge in [-0.15, -0.1) is 0 Å². The van der Waals surface area contributed by atoms with Crippen LogP contribution in [0.5, 0.6) is 0 Å². The largest absolute Gasteiger partial charge is 0.357 e. The molecule has 0 saturated heterocycles. The van der Waals surface area contributed by atoms with E-state index >= 15 is 0 Å². The predicted octanol–water partition coefficient (Wildman–Crippen LogP) is 0.527. The molecule has 114 valence electrons. The molecule has 8 heteroatoms. The summed E-state index contributed by atoms with van der Waals surface area (Å²) in [4.78, 5) is 10.1. The molecule has 0 radical (unpaired) electrons. The van der Waals surface area contributed by atoms with Crippen molar-refractivity contribution < 1.29 is 8.42 Å². The molecule has 20 heavy (non-hydrogen) atoms. The van der Waals surface area contributed by atoms with E-state index in [1.54, 1.807) is 7.05 Å². The molecule has 1 atom stereocenters. The normalized spacial score (nSPS) is 13.4. The predicted molar refractivity (Wildman–Crippen MR) is 79.2 cm³/mol. The van der Waals surface area contributed by atoms with Crippen molar-refractivity contribution in [3.8, 4) is 0 Å². The molecule has 0 fully saturated rings. The van der Waals surface area contributed by atoms with E-state index in [1.165, 1.54) is 12.4 Å². The van der Waals surface area contributed by atoms with Gasteiger partial charge in [-0.25, -0.2) is 23.1 Å². The van der Waals surface area contributed by atoms with Gasteiger partial charge in [-0.2, -0.15) is 0 Å². The molecule has 0 aliphatic carbocycles. The minimum absolute atomic E-state index is 0.0721. The number of rotatable bonds is 8. The average Bonchev–Trinajstić information content (AvgIpc) is 2.44. The summed E-state index contributed by atoms with van der Waals surface area (Å²) in [6.07, 6.45) is 2.59. The van der Waals surface area contributed by atoms with Crippen LogP contribution in [0.4, 0.5) is 5.95 Å². The monoisotopic (exact) mass is 301 g/mol. The second-order valence-corrected chi connectivity index (χ2v) is 6.21. The number of nitrogens with zero attached hydrogens (tertiary/aromatic N) is 3. The van der Waals surface area contributed by atoms with Gasteiger partial charge < -0.3 is 10.2 Å². The van der Waals surface area contributed by atoms with Gasteiger partial charge in [0.05, 0.1) is 12.4 Å². The van der Waals surface area contributed by atoms with Gasteiger partial charge in [-0.05, 0) is 20.0 Å². The van der Waals surface area contributed by atoms with Crippen LogP contribution < -0.4 is 10.0 Å². The summed E-state index contributed by atoms with van der Waals surface area (Å²) in [7, 11) is -1.90. The van der Waals surface area contributed by atoms with E-state index in [2.05, 4.69) is 38.8 Å². The minimum Gasteiger partial charge on any atom is -0.357 e. The maximum absolute atomic E-state index is 12.2. The molecule has 1 heterocycles. The van der Waals surface area contributed by atoms with Gasteiger partial charge in [0, 0.05) is 19.6 Å². The molecule has 1 unspecified atom stereocenters. The summed E-state index contributed by atoms with van der Waals surface area (Å²) in [6, 6.07) is -0.177. The summed E-state index contributed by atoms with van der Waals surface area (Å²) in [5, 5.41) is 2.74. The summed E-state index contributed by atoms with van der Waals surface area (Å²) in [5.74, 6) is 0.389. The molecule has 0 spiro atoms. The maximum atomic E-state index is 12.2. The molecule has 0 aliphatic heterocycles. The third-order valence-electron chi connectivity index (χ3n) is 2.94. The lowest BCUT2D eigenvalue weighted by Gasteiger charge is -2.23. The van der Waals surface area contributed by atoms with E-state index in [4.69, 9.17) is 0 Å². The molecule has 0 amide bonds. The maximum Gasteiger partial charge on any atom is 0.243 e. The van der Waals surface area contributed by atoms with Gasteiger partial charge in [-0.3, -0.25) is 0 Å². The first-order valence-electron chi connectivity index (χ1n) is 6.67. The van der Waals surface area contributed by atoms with Gasteiger partial charge in [0.1, 0.15) is 4.90 Å². The van der Waals surface area contributed by atoms with Gasteiger partial charge in [0.2, 0.25) is 16.0 Å². The Morgan fingerprint density at radius 2 is 1.80 bits per heavy atom.